The Kier molecular flexibility index (Phi) is 6.96. The summed E-state index contributed by atoms with van der Waals surface area (Å²) in [6, 6.07) is 14.1. The van der Waals surface area contributed by atoms with E-state index < -0.39 is 5.54 Å². The van der Waals surface area contributed by atoms with Gasteiger partial charge in [0.2, 0.25) is 5.91 Å². The maximum Gasteiger partial charge on any atom is 0.259 e. The molecule has 0 heterocycles. The van der Waals surface area contributed by atoms with E-state index in [0.29, 0.717) is 23.6 Å². The average molecular weight is 370 g/mol. The molecule has 0 aliphatic rings. The van der Waals surface area contributed by atoms with Crippen LogP contribution in [0.1, 0.15) is 36.7 Å². The van der Waals surface area contributed by atoms with Crippen molar-refractivity contribution < 1.29 is 19.4 Å². The quantitative estimate of drug-likeness (QED) is 0.667. The molecule has 6 nitrogen and oxygen atoms in total. The summed E-state index contributed by atoms with van der Waals surface area (Å²) in [6.07, 6.45) is 0.199. The molecular weight excluding hydrogens is 344 g/mol. The van der Waals surface area contributed by atoms with Gasteiger partial charge < -0.3 is 20.5 Å². The van der Waals surface area contributed by atoms with Gasteiger partial charge in [0.05, 0.1) is 30.7 Å². The fourth-order valence-corrected chi connectivity index (χ4v) is 2.49. The molecule has 2 amide bonds. The summed E-state index contributed by atoms with van der Waals surface area (Å²) in [7, 11) is 0. The number of amides is 2. The van der Waals surface area contributed by atoms with Crippen LogP contribution in [-0.4, -0.2) is 35.7 Å². The molecule has 3 N–H and O–H groups in total. The summed E-state index contributed by atoms with van der Waals surface area (Å²) in [4.78, 5) is 24.5. The van der Waals surface area contributed by atoms with E-state index in [2.05, 4.69) is 10.6 Å². The lowest BCUT2D eigenvalue weighted by molar-refractivity contribution is -0.122. The molecule has 6 heteroatoms. The minimum absolute atomic E-state index is 0.132. The van der Waals surface area contributed by atoms with Crippen LogP contribution in [0, 0.1) is 0 Å². The van der Waals surface area contributed by atoms with E-state index in [4.69, 9.17) is 4.74 Å². The normalized spacial score (nSPS) is 11.0. The Hall–Kier alpha value is -2.86. The van der Waals surface area contributed by atoms with Crippen LogP contribution in [0.5, 0.6) is 5.75 Å². The van der Waals surface area contributed by atoms with Gasteiger partial charge in [-0.15, -0.1) is 0 Å². The second kappa shape index (κ2) is 9.19. The van der Waals surface area contributed by atoms with Crippen LogP contribution in [0.3, 0.4) is 0 Å². The van der Waals surface area contributed by atoms with Gasteiger partial charge in [-0.2, -0.15) is 0 Å². The van der Waals surface area contributed by atoms with Crippen molar-refractivity contribution in [2.75, 3.05) is 18.5 Å². The number of nitrogens with one attached hydrogen (secondary N) is 2. The van der Waals surface area contributed by atoms with Crippen LogP contribution >= 0.6 is 0 Å². The average Bonchev–Trinajstić information content (AvgIpc) is 2.63. The number of hydrogen-bond donors (Lipinski definition) is 3. The first-order chi connectivity index (χ1) is 12.8. The highest BCUT2D eigenvalue weighted by Crippen LogP contribution is 2.20. The van der Waals surface area contributed by atoms with Crippen LogP contribution in [0.4, 0.5) is 5.69 Å². The molecule has 27 heavy (non-hydrogen) atoms. The summed E-state index contributed by atoms with van der Waals surface area (Å²) in [5, 5.41) is 14.8. The predicted molar refractivity (Wildman–Crippen MR) is 105 cm³/mol. The lowest BCUT2D eigenvalue weighted by Crippen LogP contribution is -2.46. The first kappa shape index (κ1) is 20.5. The van der Waals surface area contributed by atoms with Crippen molar-refractivity contribution in [3.63, 3.8) is 0 Å². The van der Waals surface area contributed by atoms with Crippen LogP contribution in [0.15, 0.2) is 48.5 Å². The maximum atomic E-state index is 12.5. The third-order valence-corrected chi connectivity index (χ3v) is 3.88. The smallest absolute Gasteiger partial charge is 0.259 e. The molecule has 0 aliphatic carbocycles. The second-order valence-electron chi connectivity index (χ2n) is 6.85. The SMILES string of the molecule is CCOc1ccccc1C(=O)Nc1ccc(CC(=O)NC(C)(C)CO)cc1. The number of benzene rings is 2. The summed E-state index contributed by atoms with van der Waals surface area (Å²) in [5.41, 5.74) is 1.26. The molecule has 0 unspecified atom stereocenters. The van der Waals surface area contributed by atoms with Crippen molar-refractivity contribution in [3.05, 3.63) is 59.7 Å². The van der Waals surface area contributed by atoms with E-state index in [9.17, 15) is 14.7 Å². The minimum atomic E-state index is -0.654. The van der Waals surface area contributed by atoms with Crippen LogP contribution in [0.25, 0.3) is 0 Å². The van der Waals surface area contributed by atoms with Gasteiger partial charge in [0.1, 0.15) is 5.75 Å². The standard InChI is InChI=1S/C21H26N2O4/c1-4-27-18-8-6-5-7-17(18)20(26)22-16-11-9-15(10-12-16)13-19(25)23-21(2,3)14-24/h5-12,24H,4,13-14H2,1-3H3,(H,22,26)(H,23,25). The van der Waals surface area contributed by atoms with E-state index in [1.54, 1.807) is 56.3 Å². The fraction of sp³-hybridized carbons (Fsp3) is 0.333. The number of anilines is 1. The van der Waals surface area contributed by atoms with Crippen LogP contribution in [-0.2, 0) is 11.2 Å². The Morgan fingerprint density at radius 2 is 1.74 bits per heavy atom. The van der Waals surface area contributed by atoms with E-state index >= 15 is 0 Å². The Labute approximate surface area is 159 Å². The molecule has 0 atom stereocenters. The van der Waals surface area contributed by atoms with Gasteiger partial charge >= 0.3 is 0 Å². The molecular formula is C21H26N2O4. The number of carbonyl (C=O) groups excluding carboxylic acids is 2. The molecule has 0 saturated carbocycles. The molecule has 2 rings (SSSR count). The largest absolute Gasteiger partial charge is 0.493 e. The lowest BCUT2D eigenvalue weighted by Gasteiger charge is -2.23. The van der Waals surface area contributed by atoms with Gasteiger partial charge in [-0.3, -0.25) is 9.59 Å². The highest BCUT2D eigenvalue weighted by Gasteiger charge is 2.19. The van der Waals surface area contributed by atoms with E-state index in [1.165, 1.54) is 0 Å². The monoisotopic (exact) mass is 370 g/mol. The molecule has 0 radical (unpaired) electrons. The zero-order chi connectivity index (χ0) is 19.9. The first-order valence-electron chi connectivity index (χ1n) is 8.88. The molecule has 0 fully saturated rings. The zero-order valence-corrected chi connectivity index (χ0v) is 15.9. The Morgan fingerprint density at radius 3 is 2.37 bits per heavy atom. The van der Waals surface area contributed by atoms with Crippen molar-refractivity contribution in [1.29, 1.82) is 0 Å². The topological polar surface area (TPSA) is 87.7 Å². The molecule has 2 aromatic carbocycles. The highest BCUT2D eigenvalue weighted by molar-refractivity contribution is 6.06. The second-order valence-corrected chi connectivity index (χ2v) is 6.85. The molecule has 0 spiro atoms. The number of ether oxygens (including phenoxy) is 1. The van der Waals surface area contributed by atoms with Gasteiger partial charge in [-0.25, -0.2) is 0 Å². The van der Waals surface area contributed by atoms with Crippen molar-refractivity contribution >= 4 is 17.5 Å². The Bertz CT molecular complexity index is 785. The third-order valence-electron chi connectivity index (χ3n) is 3.88. The summed E-state index contributed by atoms with van der Waals surface area (Å²) >= 11 is 0. The number of aliphatic hydroxyl groups is 1. The zero-order valence-electron chi connectivity index (χ0n) is 15.9. The van der Waals surface area contributed by atoms with Crippen molar-refractivity contribution in [3.8, 4) is 5.75 Å². The first-order valence-corrected chi connectivity index (χ1v) is 8.88. The third kappa shape index (κ3) is 6.11. The Balaban J connectivity index is 2.00. The minimum Gasteiger partial charge on any atom is -0.493 e. The summed E-state index contributed by atoms with van der Waals surface area (Å²) < 4.78 is 5.48. The molecule has 0 aliphatic heterocycles. The van der Waals surface area contributed by atoms with Crippen molar-refractivity contribution in [2.45, 2.75) is 32.7 Å². The van der Waals surface area contributed by atoms with E-state index in [-0.39, 0.29) is 24.8 Å². The maximum absolute atomic E-state index is 12.5. The van der Waals surface area contributed by atoms with E-state index in [1.807, 2.05) is 13.0 Å². The predicted octanol–water partition coefficient (Wildman–Crippen LogP) is 2.77. The molecule has 0 bridgehead atoms. The number of carbonyl (C=O) groups is 2. The van der Waals surface area contributed by atoms with Gasteiger partial charge in [0.25, 0.3) is 5.91 Å². The van der Waals surface area contributed by atoms with Crippen molar-refractivity contribution in [2.24, 2.45) is 0 Å². The molecule has 0 saturated heterocycles. The van der Waals surface area contributed by atoms with Gasteiger partial charge in [0, 0.05) is 5.69 Å². The van der Waals surface area contributed by atoms with Crippen molar-refractivity contribution in [1.82, 2.24) is 5.32 Å². The number of rotatable bonds is 8. The van der Waals surface area contributed by atoms with Gasteiger partial charge in [-0.1, -0.05) is 24.3 Å². The number of para-hydroxylation sites is 1. The number of hydrogen-bond acceptors (Lipinski definition) is 4. The van der Waals surface area contributed by atoms with Gasteiger partial charge in [-0.05, 0) is 50.6 Å². The van der Waals surface area contributed by atoms with Gasteiger partial charge in [0.15, 0.2) is 0 Å². The molecule has 2 aromatic rings. The summed E-state index contributed by atoms with van der Waals surface area (Å²) in [5.74, 6) is 0.114. The van der Waals surface area contributed by atoms with E-state index in [0.717, 1.165) is 5.56 Å². The number of aliphatic hydroxyl groups excluding tert-OH is 1. The highest BCUT2D eigenvalue weighted by atomic mass is 16.5. The lowest BCUT2D eigenvalue weighted by atomic mass is 10.1. The van der Waals surface area contributed by atoms with Crippen LogP contribution < -0.4 is 15.4 Å². The van der Waals surface area contributed by atoms with Crippen LogP contribution in [0.2, 0.25) is 0 Å². The Morgan fingerprint density at radius 1 is 1.07 bits per heavy atom. The molecule has 144 valence electrons. The fourth-order valence-electron chi connectivity index (χ4n) is 2.49. The summed E-state index contributed by atoms with van der Waals surface area (Å²) in [6.45, 7) is 5.72. The molecule has 0 aromatic heterocycles.